The fraction of sp³-hybridized carbons (Fsp3) is 0.550. The molecule has 2 bridgehead atoms. The Morgan fingerprint density at radius 2 is 1.92 bits per heavy atom. The number of hydrogen-bond donors (Lipinski definition) is 1. The second-order valence-electron chi connectivity index (χ2n) is 8.39. The second kappa shape index (κ2) is 5.49. The number of furan rings is 1. The van der Waals surface area contributed by atoms with Crippen molar-refractivity contribution in [2.45, 2.75) is 69.7 Å². The molecule has 1 N–H and O–H groups in total. The fourth-order valence-corrected chi connectivity index (χ4v) is 4.33. The standard InChI is InChI=1S/C20H25NO4/c1-19(2,3)25-18(22)21-15-5-6-16(21)12-20(23,11-15)14-4-7-17-13(10-14)8-9-24-17/h4,7-10,15-16,23H,5-6,11-12H2,1-3H3. The maximum Gasteiger partial charge on any atom is 0.410 e. The van der Waals surface area contributed by atoms with Gasteiger partial charge in [-0.3, -0.25) is 0 Å². The Balaban J connectivity index is 1.58. The van der Waals surface area contributed by atoms with Gasteiger partial charge in [-0.1, -0.05) is 6.07 Å². The third-order valence-corrected chi connectivity index (χ3v) is 5.36. The third kappa shape index (κ3) is 2.91. The van der Waals surface area contributed by atoms with Crippen LogP contribution in [0.4, 0.5) is 4.79 Å². The van der Waals surface area contributed by atoms with Crippen LogP contribution < -0.4 is 0 Å². The Labute approximate surface area is 147 Å². The van der Waals surface area contributed by atoms with Crippen LogP contribution in [0.2, 0.25) is 0 Å². The van der Waals surface area contributed by atoms with E-state index in [4.69, 9.17) is 9.15 Å². The predicted octanol–water partition coefficient (Wildman–Crippen LogP) is 4.18. The molecule has 2 saturated heterocycles. The first kappa shape index (κ1) is 16.5. The van der Waals surface area contributed by atoms with Crippen molar-refractivity contribution in [1.29, 1.82) is 0 Å². The molecule has 1 aromatic heterocycles. The average molecular weight is 343 g/mol. The summed E-state index contributed by atoms with van der Waals surface area (Å²) in [7, 11) is 0. The van der Waals surface area contributed by atoms with Crippen molar-refractivity contribution in [3.63, 3.8) is 0 Å². The molecule has 2 aromatic rings. The van der Waals surface area contributed by atoms with E-state index < -0.39 is 11.2 Å². The van der Waals surface area contributed by atoms with Gasteiger partial charge in [-0.05, 0) is 57.4 Å². The Bertz CT molecular complexity index is 789. The van der Waals surface area contributed by atoms with Crippen LogP contribution in [-0.4, -0.2) is 33.8 Å². The number of rotatable bonds is 1. The molecule has 134 valence electrons. The third-order valence-electron chi connectivity index (χ3n) is 5.36. The van der Waals surface area contributed by atoms with Gasteiger partial charge in [0.25, 0.3) is 0 Å². The summed E-state index contributed by atoms with van der Waals surface area (Å²) in [4.78, 5) is 14.4. The number of aliphatic hydroxyl groups is 1. The number of piperidine rings is 1. The van der Waals surface area contributed by atoms with Gasteiger partial charge in [0.1, 0.15) is 11.2 Å². The quantitative estimate of drug-likeness (QED) is 0.843. The Morgan fingerprint density at radius 1 is 1.24 bits per heavy atom. The van der Waals surface area contributed by atoms with Crippen LogP contribution in [0.3, 0.4) is 0 Å². The smallest absolute Gasteiger partial charge is 0.410 e. The number of hydrogen-bond acceptors (Lipinski definition) is 4. The zero-order valence-corrected chi connectivity index (χ0v) is 15.0. The SMILES string of the molecule is CC(C)(C)OC(=O)N1C2CCC1CC(O)(c1ccc3occc3c1)C2. The molecule has 2 aliphatic rings. The van der Waals surface area contributed by atoms with Crippen molar-refractivity contribution in [3.8, 4) is 0 Å². The molecule has 2 unspecified atom stereocenters. The molecule has 3 heterocycles. The molecule has 5 nitrogen and oxygen atoms in total. The van der Waals surface area contributed by atoms with Crippen LogP contribution >= 0.6 is 0 Å². The summed E-state index contributed by atoms with van der Waals surface area (Å²) >= 11 is 0. The summed E-state index contributed by atoms with van der Waals surface area (Å²) in [6.45, 7) is 5.65. The number of nitrogens with zero attached hydrogens (tertiary/aromatic N) is 1. The highest BCUT2D eigenvalue weighted by Gasteiger charge is 2.51. The van der Waals surface area contributed by atoms with Gasteiger partial charge in [-0.25, -0.2) is 4.79 Å². The van der Waals surface area contributed by atoms with Gasteiger partial charge in [0.15, 0.2) is 0 Å². The summed E-state index contributed by atoms with van der Waals surface area (Å²) in [6, 6.07) is 7.81. The van der Waals surface area contributed by atoms with E-state index in [2.05, 4.69) is 0 Å². The molecule has 0 spiro atoms. The number of benzene rings is 1. The lowest BCUT2D eigenvalue weighted by molar-refractivity contribution is -0.0623. The van der Waals surface area contributed by atoms with Crippen LogP contribution in [0.25, 0.3) is 11.0 Å². The van der Waals surface area contributed by atoms with E-state index >= 15 is 0 Å². The van der Waals surface area contributed by atoms with Gasteiger partial charge in [-0.2, -0.15) is 0 Å². The first-order valence-electron chi connectivity index (χ1n) is 8.97. The Morgan fingerprint density at radius 3 is 2.56 bits per heavy atom. The molecule has 2 atom stereocenters. The summed E-state index contributed by atoms with van der Waals surface area (Å²) in [5.41, 5.74) is 0.315. The largest absolute Gasteiger partial charge is 0.464 e. The van der Waals surface area contributed by atoms with Gasteiger partial charge in [0.05, 0.1) is 11.9 Å². The van der Waals surface area contributed by atoms with Crippen molar-refractivity contribution in [2.75, 3.05) is 0 Å². The topological polar surface area (TPSA) is 62.9 Å². The molecule has 2 fully saturated rings. The number of carbonyl (C=O) groups is 1. The van der Waals surface area contributed by atoms with Crippen LogP contribution in [0.5, 0.6) is 0 Å². The normalized spacial score (nSPS) is 29.2. The lowest BCUT2D eigenvalue weighted by Gasteiger charge is -2.44. The zero-order chi connectivity index (χ0) is 17.8. The molecule has 4 rings (SSSR count). The number of ether oxygens (including phenoxy) is 1. The summed E-state index contributed by atoms with van der Waals surface area (Å²) < 4.78 is 11.0. The molecule has 1 aromatic carbocycles. The van der Waals surface area contributed by atoms with Gasteiger partial charge >= 0.3 is 6.09 Å². The van der Waals surface area contributed by atoms with Crippen molar-refractivity contribution < 1.29 is 19.1 Å². The van der Waals surface area contributed by atoms with Gasteiger partial charge in [0.2, 0.25) is 0 Å². The minimum Gasteiger partial charge on any atom is -0.464 e. The summed E-state index contributed by atoms with van der Waals surface area (Å²) in [5, 5.41) is 12.3. The highest BCUT2D eigenvalue weighted by atomic mass is 16.6. The zero-order valence-electron chi connectivity index (χ0n) is 15.0. The van der Waals surface area contributed by atoms with Gasteiger partial charge in [-0.15, -0.1) is 0 Å². The van der Waals surface area contributed by atoms with Gasteiger partial charge < -0.3 is 19.2 Å². The number of fused-ring (bicyclic) bond motifs is 3. The van der Waals surface area contributed by atoms with Crippen molar-refractivity contribution >= 4 is 17.1 Å². The maximum absolute atomic E-state index is 12.6. The highest BCUT2D eigenvalue weighted by Crippen LogP contribution is 2.46. The maximum atomic E-state index is 12.6. The highest BCUT2D eigenvalue weighted by molar-refractivity contribution is 5.78. The van der Waals surface area contributed by atoms with E-state index in [1.165, 1.54) is 0 Å². The van der Waals surface area contributed by atoms with Gasteiger partial charge in [0, 0.05) is 30.3 Å². The number of amides is 1. The van der Waals surface area contributed by atoms with E-state index in [1.807, 2.05) is 49.9 Å². The van der Waals surface area contributed by atoms with Crippen LogP contribution in [0.15, 0.2) is 34.9 Å². The van der Waals surface area contributed by atoms with Crippen LogP contribution in [0.1, 0.15) is 52.0 Å². The average Bonchev–Trinajstić information content (AvgIpc) is 3.08. The molecule has 5 heteroatoms. The van der Waals surface area contributed by atoms with E-state index in [-0.39, 0.29) is 18.2 Å². The molecule has 0 saturated carbocycles. The molecular weight excluding hydrogens is 318 g/mol. The van der Waals surface area contributed by atoms with E-state index in [0.29, 0.717) is 12.8 Å². The second-order valence-corrected chi connectivity index (χ2v) is 8.39. The Hall–Kier alpha value is -2.01. The molecule has 2 aliphatic heterocycles. The fourth-order valence-electron chi connectivity index (χ4n) is 4.33. The van der Waals surface area contributed by atoms with E-state index in [0.717, 1.165) is 29.4 Å². The molecule has 25 heavy (non-hydrogen) atoms. The lowest BCUT2D eigenvalue weighted by atomic mass is 9.80. The predicted molar refractivity (Wildman–Crippen MR) is 94.2 cm³/mol. The van der Waals surface area contributed by atoms with Crippen molar-refractivity contribution in [3.05, 3.63) is 36.1 Å². The molecule has 1 amide bonds. The van der Waals surface area contributed by atoms with E-state index in [9.17, 15) is 9.90 Å². The summed E-state index contributed by atoms with van der Waals surface area (Å²) in [5.74, 6) is 0. The monoisotopic (exact) mass is 343 g/mol. The minimum atomic E-state index is -0.907. The number of carbonyl (C=O) groups excluding carboxylic acids is 1. The minimum absolute atomic E-state index is 0.0265. The lowest BCUT2D eigenvalue weighted by Crippen LogP contribution is -2.53. The molecule has 0 radical (unpaired) electrons. The van der Waals surface area contributed by atoms with Crippen molar-refractivity contribution in [2.24, 2.45) is 0 Å². The first-order chi connectivity index (χ1) is 11.8. The van der Waals surface area contributed by atoms with Crippen LogP contribution in [-0.2, 0) is 10.3 Å². The first-order valence-corrected chi connectivity index (χ1v) is 8.97. The molecule has 0 aliphatic carbocycles. The Kier molecular flexibility index (Phi) is 3.62. The summed E-state index contributed by atoms with van der Waals surface area (Å²) in [6.07, 6.45) is 4.33. The molecular formula is C20H25NO4. The van der Waals surface area contributed by atoms with Crippen molar-refractivity contribution in [1.82, 2.24) is 4.90 Å². The van der Waals surface area contributed by atoms with E-state index in [1.54, 1.807) is 6.26 Å². The van der Waals surface area contributed by atoms with Crippen LogP contribution in [0, 0.1) is 0 Å².